The summed E-state index contributed by atoms with van der Waals surface area (Å²) in [6.07, 6.45) is 3.74. The molecular formula is C19H24N4O2S. The Balaban J connectivity index is 1.64. The first kappa shape index (κ1) is 18.5. The standard InChI is InChI=1S/C19H24N4O2S/c1-3-5-6-16(24)20-19-22-21-18(26-19)14-11-17(25)23(12-14)15-9-7-13(4-2)8-10-15/h7-10,14H,3-6,11-12H2,1-2H3,(H,20,22,24). The second-order valence-electron chi connectivity index (χ2n) is 6.52. The first-order valence-electron chi connectivity index (χ1n) is 9.13. The predicted molar refractivity (Wildman–Crippen MR) is 104 cm³/mol. The summed E-state index contributed by atoms with van der Waals surface area (Å²) in [6.45, 7) is 4.76. The monoisotopic (exact) mass is 372 g/mol. The fourth-order valence-corrected chi connectivity index (χ4v) is 3.85. The highest BCUT2D eigenvalue weighted by molar-refractivity contribution is 7.15. The van der Waals surface area contributed by atoms with Crippen LogP contribution in [0.2, 0.25) is 0 Å². The number of hydrogen-bond acceptors (Lipinski definition) is 5. The van der Waals surface area contributed by atoms with Gasteiger partial charge in [-0.2, -0.15) is 0 Å². The molecule has 1 fully saturated rings. The molecular weight excluding hydrogens is 348 g/mol. The van der Waals surface area contributed by atoms with Crippen LogP contribution in [0.15, 0.2) is 24.3 Å². The molecule has 1 aromatic carbocycles. The van der Waals surface area contributed by atoms with E-state index in [0.29, 0.717) is 24.5 Å². The predicted octanol–water partition coefficient (Wildman–Crippen LogP) is 3.75. The van der Waals surface area contributed by atoms with Crippen LogP contribution in [0.3, 0.4) is 0 Å². The summed E-state index contributed by atoms with van der Waals surface area (Å²) in [5, 5.41) is 12.4. The number of carbonyl (C=O) groups excluding carboxylic acids is 2. The summed E-state index contributed by atoms with van der Waals surface area (Å²) in [5.74, 6) is 0.0878. The largest absolute Gasteiger partial charge is 0.312 e. The number of aryl methyl sites for hydroxylation is 1. The van der Waals surface area contributed by atoms with Crippen LogP contribution in [0.1, 0.15) is 56.0 Å². The molecule has 2 heterocycles. The van der Waals surface area contributed by atoms with Crippen molar-refractivity contribution in [1.82, 2.24) is 10.2 Å². The van der Waals surface area contributed by atoms with E-state index in [0.717, 1.165) is 30.0 Å². The third-order valence-corrected chi connectivity index (χ3v) is 5.58. The van der Waals surface area contributed by atoms with Crippen LogP contribution in [0.25, 0.3) is 0 Å². The van der Waals surface area contributed by atoms with E-state index in [2.05, 4.69) is 41.5 Å². The average Bonchev–Trinajstić information content (AvgIpc) is 3.26. The van der Waals surface area contributed by atoms with Gasteiger partial charge in [0.25, 0.3) is 0 Å². The van der Waals surface area contributed by atoms with Gasteiger partial charge in [-0.3, -0.25) is 9.59 Å². The minimum atomic E-state index is -0.0327. The molecule has 1 saturated heterocycles. The number of unbranched alkanes of at least 4 members (excludes halogenated alkanes) is 1. The van der Waals surface area contributed by atoms with Crippen molar-refractivity contribution >= 4 is 34.0 Å². The van der Waals surface area contributed by atoms with Crippen LogP contribution in [-0.2, 0) is 16.0 Å². The highest BCUT2D eigenvalue weighted by Gasteiger charge is 2.33. The molecule has 1 aromatic heterocycles. The van der Waals surface area contributed by atoms with E-state index in [1.807, 2.05) is 17.0 Å². The molecule has 1 atom stereocenters. The molecule has 6 nitrogen and oxygen atoms in total. The van der Waals surface area contributed by atoms with E-state index in [4.69, 9.17) is 0 Å². The van der Waals surface area contributed by atoms with Gasteiger partial charge >= 0.3 is 0 Å². The van der Waals surface area contributed by atoms with E-state index in [-0.39, 0.29) is 17.7 Å². The van der Waals surface area contributed by atoms with Crippen LogP contribution in [0.4, 0.5) is 10.8 Å². The highest BCUT2D eigenvalue weighted by Crippen LogP contribution is 2.34. The van der Waals surface area contributed by atoms with Crippen molar-refractivity contribution in [3.63, 3.8) is 0 Å². The fraction of sp³-hybridized carbons (Fsp3) is 0.474. The minimum absolute atomic E-state index is 0.0205. The first-order chi connectivity index (χ1) is 12.6. The number of nitrogens with one attached hydrogen (secondary N) is 1. The zero-order valence-corrected chi connectivity index (χ0v) is 16.0. The zero-order valence-electron chi connectivity index (χ0n) is 15.2. The molecule has 0 radical (unpaired) electrons. The molecule has 0 bridgehead atoms. The zero-order chi connectivity index (χ0) is 18.5. The number of rotatable bonds is 7. The number of amides is 2. The van der Waals surface area contributed by atoms with Crippen LogP contribution < -0.4 is 10.2 Å². The Morgan fingerprint density at radius 3 is 2.73 bits per heavy atom. The molecule has 2 amide bonds. The van der Waals surface area contributed by atoms with Gasteiger partial charge in [-0.05, 0) is 30.5 Å². The molecule has 0 saturated carbocycles. The summed E-state index contributed by atoms with van der Waals surface area (Å²) in [7, 11) is 0. The van der Waals surface area contributed by atoms with E-state index >= 15 is 0 Å². The molecule has 138 valence electrons. The molecule has 0 aliphatic carbocycles. The van der Waals surface area contributed by atoms with Crippen LogP contribution in [0, 0.1) is 0 Å². The van der Waals surface area contributed by atoms with E-state index in [1.54, 1.807) is 0 Å². The van der Waals surface area contributed by atoms with Gasteiger partial charge < -0.3 is 10.2 Å². The maximum absolute atomic E-state index is 12.4. The Hall–Kier alpha value is -2.28. The molecule has 1 unspecified atom stereocenters. The molecule has 1 aliphatic rings. The topological polar surface area (TPSA) is 75.2 Å². The Labute approximate surface area is 157 Å². The molecule has 3 rings (SSSR count). The third-order valence-electron chi connectivity index (χ3n) is 4.57. The molecule has 1 N–H and O–H groups in total. The van der Waals surface area contributed by atoms with E-state index in [1.165, 1.54) is 16.9 Å². The molecule has 26 heavy (non-hydrogen) atoms. The lowest BCUT2D eigenvalue weighted by molar-refractivity contribution is -0.117. The maximum Gasteiger partial charge on any atom is 0.227 e. The van der Waals surface area contributed by atoms with E-state index in [9.17, 15) is 9.59 Å². The fourth-order valence-electron chi connectivity index (χ4n) is 3.00. The summed E-state index contributed by atoms with van der Waals surface area (Å²) in [5.41, 5.74) is 2.18. The van der Waals surface area contributed by atoms with Crippen molar-refractivity contribution in [2.75, 3.05) is 16.8 Å². The lowest BCUT2D eigenvalue weighted by atomic mass is 10.1. The number of anilines is 2. The summed E-state index contributed by atoms with van der Waals surface area (Å²) in [4.78, 5) is 26.0. The Kier molecular flexibility index (Phi) is 5.98. The maximum atomic E-state index is 12.4. The van der Waals surface area contributed by atoms with Crippen LogP contribution >= 0.6 is 11.3 Å². The Morgan fingerprint density at radius 1 is 1.27 bits per heavy atom. The van der Waals surface area contributed by atoms with Crippen LogP contribution in [-0.4, -0.2) is 28.6 Å². The normalized spacial score (nSPS) is 16.9. The second-order valence-corrected chi connectivity index (χ2v) is 7.53. The van der Waals surface area contributed by atoms with Crippen molar-refractivity contribution in [2.24, 2.45) is 0 Å². The van der Waals surface area contributed by atoms with Crippen molar-refractivity contribution < 1.29 is 9.59 Å². The van der Waals surface area contributed by atoms with Gasteiger partial charge in [-0.15, -0.1) is 10.2 Å². The number of nitrogens with zero attached hydrogens (tertiary/aromatic N) is 3. The van der Waals surface area contributed by atoms with Crippen molar-refractivity contribution in [3.8, 4) is 0 Å². The highest BCUT2D eigenvalue weighted by atomic mass is 32.1. The number of aromatic nitrogens is 2. The Morgan fingerprint density at radius 2 is 2.04 bits per heavy atom. The van der Waals surface area contributed by atoms with Gasteiger partial charge in [0.2, 0.25) is 16.9 Å². The summed E-state index contributed by atoms with van der Waals surface area (Å²) < 4.78 is 0. The van der Waals surface area contributed by atoms with Gasteiger partial charge in [0.1, 0.15) is 5.01 Å². The van der Waals surface area contributed by atoms with Crippen molar-refractivity contribution in [3.05, 3.63) is 34.8 Å². The van der Waals surface area contributed by atoms with E-state index < -0.39 is 0 Å². The van der Waals surface area contributed by atoms with Gasteiger partial charge in [-0.1, -0.05) is 43.7 Å². The lowest BCUT2D eigenvalue weighted by Gasteiger charge is -2.16. The number of carbonyl (C=O) groups is 2. The van der Waals surface area contributed by atoms with Crippen molar-refractivity contribution in [2.45, 2.75) is 51.9 Å². The summed E-state index contributed by atoms with van der Waals surface area (Å²) in [6, 6.07) is 8.12. The van der Waals surface area contributed by atoms with Gasteiger partial charge in [0.15, 0.2) is 0 Å². The molecule has 0 spiro atoms. The summed E-state index contributed by atoms with van der Waals surface area (Å²) >= 11 is 1.36. The molecule has 2 aromatic rings. The van der Waals surface area contributed by atoms with Gasteiger partial charge in [0.05, 0.1) is 0 Å². The van der Waals surface area contributed by atoms with Gasteiger partial charge in [0, 0.05) is 31.0 Å². The average molecular weight is 372 g/mol. The SMILES string of the molecule is CCCCC(=O)Nc1nnc(C2CC(=O)N(c3ccc(CC)cc3)C2)s1. The second kappa shape index (κ2) is 8.40. The van der Waals surface area contributed by atoms with Crippen LogP contribution in [0.5, 0.6) is 0 Å². The van der Waals surface area contributed by atoms with Gasteiger partial charge in [-0.25, -0.2) is 0 Å². The number of benzene rings is 1. The molecule has 7 heteroatoms. The minimum Gasteiger partial charge on any atom is -0.312 e. The smallest absolute Gasteiger partial charge is 0.227 e. The third kappa shape index (κ3) is 4.27. The number of hydrogen-bond donors (Lipinski definition) is 1. The molecule has 1 aliphatic heterocycles. The quantitative estimate of drug-likeness (QED) is 0.803. The van der Waals surface area contributed by atoms with Crippen molar-refractivity contribution in [1.29, 1.82) is 0 Å². The Bertz CT molecular complexity index is 772. The first-order valence-corrected chi connectivity index (χ1v) is 9.95. The lowest BCUT2D eigenvalue weighted by Crippen LogP contribution is -2.24.